The first-order valence-corrected chi connectivity index (χ1v) is 9.99. The summed E-state index contributed by atoms with van der Waals surface area (Å²) in [6.07, 6.45) is 1.05. The Kier molecular flexibility index (Phi) is 5.45. The normalized spacial score (nSPS) is 22.3. The van der Waals surface area contributed by atoms with Crippen molar-refractivity contribution in [3.8, 4) is 5.75 Å². The molecule has 1 saturated heterocycles. The number of carbonyl (C=O) groups excluding carboxylic acids is 2. The smallest absolute Gasteiger partial charge is 0.274 e. The van der Waals surface area contributed by atoms with E-state index < -0.39 is 70.3 Å². The number of aromatic hydroxyl groups is 1. The molecule has 0 aliphatic carbocycles. The lowest BCUT2D eigenvalue weighted by Crippen LogP contribution is -2.49. The number of amides is 2. The Labute approximate surface area is 179 Å². The van der Waals surface area contributed by atoms with Crippen LogP contribution in [0.15, 0.2) is 23.1 Å². The largest absolute Gasteiger partial charge is 0.503 e. The van der Waals surface area contributed by atoms with Gasteiger partial charge >= 0.3 is 0 Å². The number of hydrogen-bond donors (Lipinski definition) is 3. The summed E-state index contributed by atoms with van der Waals surface area (Å²) >= 11 is 0. The number of carbonyl (C=O) groups is 2. The van der Waals surface area contributed by atoms with Crippen molar-refractivity contribution in [3.05, 3.63) is 62.8 Å². The molecule has 11 heteroatoms. The Morgan fingerprint density at radius 1 is 1.19 bits per heavy atom. The summed E-state index contributed by atoms with van der Waals surface area (Å²) in [5, 5.41) is 23.2. The number of aromatic nitrogens is 1. The van der Waals surface area contributed by atoms with Gasteiger partial charge in [-0.3, -0.25) is 14.4 Å². The minimum absolute atomic E-state index is 0.129. The Balaban J connectivity index is 1.70. The molecule has 4 rings (SSSR count). The van der Waals surface area contributed by atoms with Gasteiger partial charge in [0, 0.05) is 43.0 Å². The molecule has 2 aromatic rings. The molecule has 2 aliphatic heterocycles. The highest BCUT2D eigenvalue weighted by Crippen LogP contribution is 2.34. The minimum Gasteiger partial charge on any atom is -0.503 e. The van der Waals surface area contributed by atoms with Gasteiger partial charge in [-0.2, -0.15) is 0 Å². The summed E-state index contributed by atoms with van der Waals surface area (Å²) in [7, 11) is 0. The molecule has 3 N–H and O–H groups in total. The Bertz CT molecular complexity index is 1160. The molecule has 0 spiro atoms. The predicted molar refractivity (Wildman–Crippen MR) is 105 cm³/mol. The second-order valence-electron chi connectivity index (χ2n) is 8.03. The fraction of sp³-hybridized carbons (Fsp3) is 0.381. The Hall–Kier alpha value is -3.34. The number of nitrogens with zero attached hydrogens (tertiary/aromatic N) is 2. The molecule has 2 amide bonds. The van der Waals surface area contributed by atoms with Crippen LogP contribution in [0.1, 0.15) is 52.2 Å². The SMILES string of the molecule is C[C@H]1CC[C@H](O)[C@H]2CN1C(=O)c1c(O)c(=O)c(C(=O)NCc3c(F)cc(F)cc3F)cn12. The third-order valence-electron chi connectivity index (χ3n) is 6.05. The van der Waals surface area contributed by atoms with Crippen molar-refractivity contribution >= 4 is 11.8 Å². The second kappa shape index (κ2) is 7.97. The average Bonchev–Trinajstić information content (AvgIpc) is 2.85. The van der Waals surface area contributed by atoms with Crippen molar-refractivity contribution in [2.24, 2.45) is 0 Å². The zero-order valence-corrected chi connectivity index (χ0v) is 16.9. The van der Waals surface area contributed by atoms with Gasteiger partial charge in [0.1, 0.15) is 23.0 Å². The van der Waals surface area contributed by atoms with Crippen LogP contribution < -0.4 is 10.7 Å². The fourth-order valence-electron chi connectivity index (χ4n) is 4.22. The molecule has 1 fully saturated rings. The molecule has 1 aromatic heterocycles. The molecule has 0 unspecified atom stereocenters. The van der Waals surface area contributed by atoms with Crippen LogP contribution in [-0.4, -0.2) is 50.2 Å². The number of aliphatic hydroxyl groups is 1. The van der Waals surface area contributed by atoms with E-state index in [9.17, 15) is 37.8 Å². The zero-order valence-electron chi connectivity index (χ0n) is 16.9. The number of halogens is 3. The molecular formula is C21H20F3N3O5. The van der Waals surface area contributed by atoms with E-state index in [1.807, 2.05) is 0 Å². The monoisotopic (exact) mass is 451 g/mol. The van der Waals surface area contributed by atoms with E-state index in [0.717, 1.165) is 6.20 Å². The van der Waals surface area contributed by atoms with Crippen molar-refractivity contribution in [1.82, 2.24) is 14.8 Å². The maximum absolute atomic E-state index is 13.8. The number of fused-ring (bicyclic) bond motifs is 4. The van der Waals surface area contributed by atoms with E-state index in [1.165, 1.54) is 9.47 Å². The maximum atomic E-state index is 13.8. The molecule has 0 radical (unpaired) electrons. The van der Waals surface area contributed by atoms with Crippen LogP contribution in [0.2, 0.25) is 0 Å². The summed E-state index contributed by atoms with van der Waals surface area (Å²) in [5.74, 6) is -6.15. The van der Waals surface area contributed by atoms with Crippen LogP contribution in [0.3, 0.4) is 0 Å². The molecule has 170 valence electrons. The van der Waals surface area contributed by atoms with Gasteiger partial charge in [0.05, 0.1) is 12.1 Å². The molecule has 8 nitrogen and oxygen atoms in total. The van der Waals surface area contributed by atoms with E-state index in [1.54, 1.807) is 6.92 Å². The summed E-state index contributed by atoms with van der Waals surface area (Å²) < 4.78 is 41.9. The van der Waals surface area contributed by atoms with Gasteiger partial charge in [-0.1, -0.05) is 0 Å². The third-order valence-corrected chi connectivity index (χ3v) is 6.05. The van der Waals surface area contributed by atoms with Gasteiger partial charge in [-0.05, 0) is 19.8 Å². The molecule has 32 heavy (non-hydrogen) atoms. The third kappa shape index (κ3) is 3.52. The molecule has 2 aliphatic rings. The Morgan fingerprint density at radius 3 is 2.50 bits per heavy atom. The van der Waals surface area contributed by atoms with Crippen molar-refractivity contribution in [1.29, 1.82) is 0 Å². The average molecular weight is 451 g/mol. The van der Waals surface area contributed by atoms with Crippen LogP contribution >= 0.6 is 0 Å². The molecule has 1 aromatic carbocycles. The van der Waals surface area contributed by atoms with Crippen molar-refractivity contribution < 1.29 is 33.0 Å². The van der Waals surface area contributed by atoms with Crippen LogP contribution in [0.5, 0.6) is 5.75 Å². The number of benzene rings is 1. The highest BCUT2D eigenvalue weighted by atomic mass is 19.1. The van der Waals surface area contributed by atoms with Crippen LogP contribution in [0.25, 0.3) is 0 Å². The topological polar surface area (TPSA) is 112 Å². The van der Waals surface area contributed by atoms with Crippen LogP contribution in [-0.2, 0) is 6.54 Å². The van der Waals surface area contributed by atoms with Gasteiger partial charge < -0.3 is 25.0 Å². The number of aliphatic hydroxyl groups excluding tert-OH is 1. The van der Waals surface area contributed by atoms with Gasteiger partial charge in [-0.15, -0.1) is 0 Å². The summed E-state index contributed by atoms with van der Waals surface area (Å²) in [6, 6.07) is -0.00190. The lowest BCUT2D eigenvalue weighted by molar-refractivity contribution is 0.0503. The molecule has 3 atom stereocenters. The Morgan fingerprint density at radius 2 is 1.84 bits per heavy atom. The van der Waals surface area contributed by atoms with Gasteiger partial charge in [-0.25, -0.2) is 13.2 Å². The first kappa shape index (κ1) is 21.9. The first-order chi connectivity index (χ1) is 15.1. The van der Waals surface area contributed by atoms with Crippen molar-refractivity contribution in [2.75, 3.05) is 6.54 Å². The predicted octanol–water partition coefficient (Wildman–Crippen LogP) is 1.44. The van der Waals surface area contributed by atoms with Gasteiger partial charge in [0.25, 0.3) is 11.8 Å². The number of hydrogen-bond acceptors (Lipinski definition) is 5. The van der Waals surface area contributed by atoms with E-state index in [0.29, 0.717) is 25.0 Å². The van der Waals surface area contributed by atoms with Crippen molar-refractivity contribution in [3.63, 3.8) is 0 Å². The molecular weight excluding hydrogens is 431 g/mol. The van der Waals surface area contributed by atoms with Crippen LogP contribution in [0.4, 0.5) is 13.2 Å². The summed E-state index contributed by atoms with van der Waals surface area (Å²) in [6.45, 7) is 1.24. The summed E-state index contributed by atoms with van der Waals surface area (Å²) in [5.41, 5.74) is -2.64. The quantitative estimate of drug-likeness (QED) is 0.654. The van der Waals surface area contributed by atoms with Gasteiger partial charge in [0.2, 0.25) is 5.43 Å². The van der Waals surface area contributed by atoms with E-state index >= 15 is 0 Å². The van der Waals surface area contributed by atoms with Gasteiger partial charge in [0.15, 0.2) is 11.4 Å². The standard InChI is InChI=1S/C21H20F3N3O5/c1-9-2-3-16(28)15-8-26(9)21(32)17-19(30)18(29)12(7-27(15)17)20(31)25-6-11-13(23)4-10(22)5-14(11)24/h4-5,7,9,15-16,28,30H,2-3,6,8H2,1H3,(H,25,31)/t9-,15+,16-/m0/s1. The molecule has 3 heterocycles. The number of nitrogens with one attached hydrogen (secondary N) is 1. The number of rotatable bonds is 3. The minimum atomic E-state index is -1.21. The summed E-state index contributed by atoms with van der Waals surface area (Å²) in [4.78, 5) is 39.6. The highest BCUT2D eigenvalue weighted by Gasteiger charge is 2.42. The number of pyridine rings is 1. The fourth-order valence-corrected chi connectivity index (χ4v) is 4.22. The zero-order chi connectivity index (χ0) is 23.3. The van der Waals surface area contributed by atoms with E-state index in [4.69, 9.17) is 0 Å². The van der Waals surface area contributed by atoms with E-state index in [2.05, 4.69) is 5.32 Å². The maximum Gasteiger partial charge on any atom is 0.274 e. The van der Waals surface area contributed by atoms with E-state index in [-0.39, 0.29) is 18.3 Å². The molecule has 2 bridgehead atoms. The lowest BCUT2D eigenvalue weighted by atomic mass is 10.0. The highest BCUT2D eigenvalue weighted by molar-refractivity contribution is 5.99. The van der Waals surface area contributed by atoms with Crippen LogP contribution in [0, 0.1) is 17.5 Å². The second-order valence-corrected chi connectivity index (χ2v) is 8.03. The van der Waals surface area contributed by atoms with Crippen molar-refractivity contribution in [2.45, 2.75) is 44.5 Å². The first-order valence-electron chi connectivity index (χ1n) is 9.99. The molecule has 0 saturated carbocycles. The lowest BCUT2D eigenvalue weighted by Gasteiger charge is -2.38.